The SMILES string of the molecule is CCC(=O)C(C)NS(=O)(=O)CCCC(F)(F)F. The summed E-state index contributed by atoms with van der Waals surface area (Å²) >= 11 is 0. The van der Waals surface area contributed by atoms with Crippen LogP contribution in [0.1, 0.15) is 33.1 Å². The van der Waals surface area contributed by atoms with Gasteiger partial charge in [0.1, 0.15) is 5.78 Å². The maximum atomic E-state index is 11.8. The van der Waals surface area contributed by atoms with E-state index in [0.29, 0.717) is 0 Å². The number of hydrogen-bond donors (Lipinski definition) is 1. The maximum Gasteiger partial charge on any atom is 0.389 e. The van der Waals surface area contributed by atoms with Gasteiger partial charge < -0.3 is 0 Å². The van der Waals surface area contributed by atoms with Crippen molar-refractivity contribution in [3.8, 4) is 0 Å². The molecule has 1 unspecified atom stereocenters. The number of hydrogen-bond acceptors (Lipinski definition) is 3. The fourth-order valence-electron chi connectivity index (χ4n) is 1.16. The van der Waals surface area contributed by atoms with Gasteiger partial charge >= 0.3 is 6.18 Å². The normalized spacial score (nSPS) is 14.6. The summed E-state index contributed by atoms with van der Waals surface area (Å²) in [4.78, 5) is 11.1. The van der Waals surface area contributed by atoms with Gasteiger partial charge in [-0.15, -0.1) is 0 Å². The zero-order chi connectivity index (χ0) is 13.7. The number of Topliss-reactive ketones (excluding diaryl/α,β-unsaturated/α-hetero) is 1. The Morgan fingerprint density at radius 3 is 2.29 bits per heavy atom. The standard InChI is InChI=1S/C9H16F3NO3S/c1-3-8(14)7(2)13-17(15,16)6-4-5-9(10,11)12/h7,13H,3-6H2,1-2H3. The highest BCUT2D eigenvalue weighted by Gasteiger charge is 2.28. The molecule has 1 N–H and O–H groups in total. The number of rotatable bonds is 7. The van der Waals surface area contributed by atoms with Crippen LogP contribution in [-0.4, -0.2) is 32.2 Å². The number of ketones is 1. The van der Waals surface area contributed by atoms with Crippen molar-refractivity contribution in [2.75, 3.05) is 5.75 Å². The molecule has 4 nitrogen and oxygen atoms in total. The van der Waals surface area contributed by atoms with Crippen molar-refractivity contribution in [1.29, 1.82) is 0 Å². The van der Waals surface area contributed by atoms with E-state index in [4.69, 9.17) is 0 Å². The molecule has 0 amide bonds. The molecule has 0 aliphatic rings. The molecular formula is C9H16F3NO3S. The van der Waals surface area contributed by atoms with Crippen molar-refractivity contribution in [1.82, 2.24) is 4.72 Å². The van der Waals surface area contributed by atoms with Gasteiger partial charge in [-0.05, 0) is 13.3 Å². The summed E-state index contributed by atoms with van der Waals surface area (Å²) in [6.45, 7) is 2.95. The van der Waals surface area contributed by atoms with Crippen molar-refractivity contribution < 1.29 is 26.4 Å². The number of carbonyl (C=O) groups excluding carboxylic acids is 1. The van der Waals surface area contributed by atoms with Crippen LogP contribution in [0.4, 0.5) is 13.2 Å². The van der Waals surface area contributed by atoms with Crippen LogP contribution < -0.4 is 4.72 Å². The molecule has 0 spiro atoms. The van der Waals surface area contributed by atoms with E-state index in [1.807, 2.05) is 4.72 Å². The van der Waals surface area contributed by atoms with Gasteiger partial charge in [0.2, 0.25) is 10.0 Å². The lowest BCUT2D eigenvalue weighted by Gasteiger charge is -2.12. The summed E-state index contributed by atoms with van der Waals surface area (Å²) < 4.78 is 60.1. The fraction of sp³-hybridized carbons (Fsp3) is 0.889. The zero-order valence-electron chi connectivity index (χ0n) is 9.67. The summed E-state index contributed by atoms with van der Waals surface area (Å²) in [5, 5.41) is 0. The molecule has 8 heteroatoms. The van der Waals surface area contributed by atoms with Gasteiger partial charge in [0.05, 0.1) is 11.8 Å². The van der Waals surface area contributed by atoms with E-state index in [0.717, 1.165) is 0 Å². The second-order valence-electron chi connectivity index (χ2n) is 3.70. The van der Waals surface area contributed by atoms with Gasteiger partial charge in [-0.2, -0.15) is 13.2 Å². The number of nitrogens with one attached hydrogen (secondary N) is 1. The van der Waals surface area contributed by atoms with E-state index in [1.165, 1.54) is 6.92 Å². The third kappa shape index (κ3) is 8.14. The topological polar surface area (TPSA) is 63.2 Å². The van der Waals surface area contributed by atoms with Crippen molar-refractivity contribution in [2.24, 2.45) is 0 Å². The van der Waals surface area contributed by atoms with Crippen molar-refractivity contribution >= 4 is 15.8 Å². The summed E-state index contributed by atoms with van der Waals surface area (Å²) in [6.07, 6.45) is -5.84. The third-order valence-corrected chi connectivity index (χ3v) is 3.60. The van der Waals surface area contributed by atoms with Gasteiger partial charge in [0, 0.05) is 12.8 Å². The Balaban J connectivity index is 4.18. The largest absolute Gasteiger partial charge is 0.389 e. The lowest BCUT2D eigenvalue weighted by atomic mass is 10.2. The van der Waals surface area contributed by atoms with Gasteiger partial charge in [-0.3, -0.25) is 4.79 Å². The molecule has 0 fully saturated rings. The predicted molar refractivity (Wildman–Crippen MR) is 57.0 cm³/mol. The molecule has 0 rings (SSSR count). The first-order valence-electron chi connectivity index (χ1n) is 5.17. The highest BCUT2D eigenvalue weighted by atomic mass is 32.2. The minimum absolute atomic E-state index is 0.173. The summed E-state index contributed by atoms with van der Waals surface area (Å²) in [6, 6.07) is -0.893. The number of alkyl halides is 3. The van der Waals surface area contributed by atoms with Gasteiger partial charge in [-0.25, -0.2) is 13.1 Å². The monoisotopic (exact) mass is 275 g/mol. The average Bonchev–Trinajstić information content (AvgIpc) is 2.13. The van der Waals surface area contributed by atoms with Crippen LogP contribution in [-0.2, 0) is 14.8 Å². The number of halogens is 3. The van der Waals surface area contributed by atoms with E-state index >= 15 is 0 Å². The van der Waals surface area contributed by atoms with Crippen LogP contribution in [0.25, 0.3) is 0 Å². The Bertz CT molecular complexity index is 351. The first-order chi connectivity index (χ1) is 7.57. The molecule has 0 radical (unpaired) electrons. The number of carbonyl (C=O) groups is 1. The Morgan fingerprint density at radius 2 is 1.88 bits per heavy atom. The minimum Gasteiger partial charge on any atom is -0.298 e. The second-order valence-corrected chi connectivity index (χ2v) is 5.57. The summed E-state index contributed by atoms with van der Waals surface area (Å²) in [5.74, 6) is -0.933. The molecule has 1 atom stereocenters. The Morgan fingerprint density at radius 1 is 1.35 bits per heavy atom. The molecule has 0 saturated carbocycles. The molecular weight excluding hydrogens is 259 g/mol. The Labute approximate surface area is 98.6 Å². The minimum atomic E-state index is -4.36. The lowest BCUT2D eigenvalue weighted by Crippen LogP contribution is -2.39. The molecule has 0 aliphatic heterocycles. The Hall–Kier alpha value is -0.630. The lowest BCUT2D eigenvalue weighted by molar-refractivity contribution is -0.134. The van der Waals surface area contributed by atoms with Crippen LogP contribution in [0.3, 0.4) is 0 Å². The molecule has 0 aromatic heterocycles. The molecule has 0 aromatic rings. The predicted octanol–water partition coefficient (Wildman–Crippen LogP) is 1.62. The molecule has 0 saturated heterocycles. The smallest absolute Gasteiger partial charge is 0.298 e. The van der Waals surface area contributed by atoms with E-state index in [9.17, 15) is 26.4 Å². The van der Waals surface area contributed by atoms with Gasteiger partial charge in [-0.1, -0.05) is 6.92 Å². The first-order valence-corrected chi connectivity index (χ1v) is 6.82. The van der Waals surface area contributed by atoms with Crippen LogP contribution in [0.2, 0.25) is 0 Å². The van der Waals surface area contributed by atoms with Crippen molar-refractivity contribution in [2.45, 2.75) is 45.3 Å². The fourth-order valence-corrected chi connectivity index (χ4v) is 2.48. The quantitative estimate of drug-likeness (QED) is 0.768. The highest BCUT2D eigenvalue weighted by Crippen LogP contribution is 2.21. The van der Waals surface area contributed by atoms with Crippen molar-refractivity contribution in [3.63, 3.8) is 0 Å². The molecule has 17 heavy (non-hydrogen) atoms. The molecule has 0 bridgehead atoms. The zero-order valence-corrected chi connectivity index (χ0v) is 10.5. The first kappa shape index (κ1) is 16.4. The molecule has 0 heterocycles. The van der Waals surface area contributed by atoms with Gasteiger partial charge in [0.15, 0.2) is 0 Å². The Kier molecular flexibility index (Phi) is 6.11. The van der Waals surface area contributed by atoms with E-state index < -0.39 is 40.8 Å². The second kappa shape index (κ2) is 6.34. The van der Waals surface area contributed by atoms with Gasteiger partial charge in [0.25, 0.3) is 0 Å². The van der Waals surface area contributed by atoms with E-state index in [-0.39, 0.29) is 12.2 Å². The van der Waals surface area contributed by atoms with E-state index in [2.05, 4.69) is 0 Å². The van der Waals surface area contributed by atoms with Crippen LogP contribution in [0.15, 0.2) is 0 Å². The van der Waals surface area contributed by atoms with Crippen LogP contribution in [0.5, 0.6) is 0 Å². The van der Waals surface area contributed by atoms with Crippen LogP contribution in [0, 0.1) is 0 Å². The summed E-state index contributed by atoms with van der Waals surface area (Å²) in [5.41, 5.74) is 0. The third-order valence-electron chi connectivity index (χ3n) is 2.06. The average molecular weight is 275 g/mol. The van der Waals surface area contributed by atoms with E-state index in [1.54, 1.807) is 6.92 Å². The maximum absolute atomic E-state index is 11.8. The highest BCUT2D eigenvalue weighted by molar-refractivity contribution is 7.89. The molecule has 0 aliphatic carbocycles. The van der Waals surface area contributed by atoms with Crippen molar-refractivity contribution in [3.05, 3.63) is 0 Å². The summed E-state index contributed by atoms with van der Waals surface area (Å²) in [7, 11) is -3.83. The number of sulfonamides is 1. The van der Waals surface area contributed by atoms with Crippen LogP contribution >= 0.6 is 0 Å². The molecule has 102 valence electrons. The molecule has 0 aromatic carbocycles.